The molecule has 1 atom stereocenters. The van der Waals surface area contributed by atoms with Gasteiger partial charge in [-0.3, -0.25) is 0 Å². The van der Waals surface area contributed by atoms with Crippen molar-refractivity contribution in [2.75, 3.05) is 0 Å². The van der Waals surface area contributed by atoms with Crippen molar-refractivity contribution in [1.29, 1.82) is 0 Å². The lowest BCUT2D eigenvalue weighted by Gasteiger charge is -2.18. The van der Waals surface area contributed by atoms with Gasteiger partial charge in [-0.15, -0.1) is 0 Å². The molecule has 1 rings (SSSR count). The average molecular weight is 183 g/mol. The van der Waals surface area contributed by atoms with Crippen LogP contribution in [0.5, 0.6) is 0 Å². The van der Waals surface area contributed by atoms with E-state index in [1.54, 1.807) is 0 Å². The Morgan fingerprint density at radius 3 is 2.46 bits per heavy atom. The molecule has 78 valence electrons. The molecule has 1 fully saturated rings. The van der Waals surface area contributed by atoms with Crippen LogP contribution in [0, 0.1) is 5.92 Å². The second kappa shape index (κ2) is 6.42. The molecule has 13 heavy (non-hydrogen) atoms. The maximum atomic E-state index is 6.16. The normalized spacial score (nSPS) is 20.8. The highest BCUT2D eigenvalue weighted by atomic mass is 14.6. The second-order valence-electron chi connectivity index (χ2n) is 4.56. The third-order valence-electron chi connectivity index (χ3n) is 3.40. The van der Waals surface area contributed by atoms with E-state index < -0.39 is 0 Å². The zero-order chi connectivity index (χ0) is 9.52. The molecule has 0 aromatic heterocycles. The minimum Gasteiger partial charge on any atom is -0.327 e. The number of unbranched alkanes of at least 4 members (excludes halogenated alkanes) is 3. The maximum absolute atomic E-state index is 6.16. The molecule has 0 aliphatic heterocycles. The summed E-state index contributed by atoms with van der Waals surface area (Å²) in [5.74, 6) is 0.863. The van der Waals surface area contributed by atoms with E-state index >= 15 is 0 Å². The topological polar surface area (TPSA) is 26.0 Å². The van der Waals surface area contributed by atoms with Crippen molar-refractivity contribution in [2.24, 2.45) is 11.7 Å². The van der Waals surface area contributed by atoms with Gasteiger partial charge < -0.3 is 5.73 Å². The molecule has 0 spiro atoms. The smallest absolute Gasteiger partial charge is 0.00671 e. The highest BCUT2D eigenvalue weighted by molar-refractivity contribution is 4.77. The van der Waals surface area contributed by atoms with Crippen molar-refractivity contribution in [2.45, 2.75) is 70.8 Å². The average Bonchev–Trinajstić information content (AvgIpc) is 2.65. The number of nitrogens with two attached hydrogens (primary N) is 1. The summed E-state index contributed by atoms with van der Waals surface area (Å²) in [4.78, 5) is 0. The SMILES string of the molecule is CCCCCCC(N)C1CCCC1. The van der Waals surface area contributed by atoms with Gasteiger partial charge in [0.1, 0.15) is 0 Å². The van der Waals surface area contributed by atoms with Crippen molar-refractivity contribution in [1.82, 2.24) is 0 Å². The van der Waals surface area contributed by atoms with Crippen molar-refractivity contribution in [3.63, 3.8) is 0 Å². The third-order valence-corrected chi connectivity index (χ3v) is 3.40. The lowest BCUT2D eigenvalue weighted by molar-refractivity contribution is 0.396. The summed E-state index contributed by atoms with van der Waals surface area (Å²) in [7, 11) is 0. The molecule has 1 saturated carbocycles. The van der Waals surface area contributed by atoms with Crippen molar-refractivity contribution < 1.29 is 0 Å². The lowest BCUT2D eigenvalue weighted by atomic mass is 9.94. The molecule has 0 heterocycles. The fraction of sp³-hybridized carbons (Fsp3) is 1.00. The number of rotatable bonds is 6. The molecule has 0 amide bonds. The van der Waals surface area contributed by atoms with E-state index in [1.165, 1.54) is 57.8 Å². The summed E-state index contributed by atoms with van der Waals surface area (Å²) in [5.41, 5.74) is 6.16. The molecule has 0 bridgehead atoms. The molecular weight excluding hydrogens is 158 g/mol. The highest BCUT2D eigenvalue weighted by Gasteiger charge is 2.20. The first-order valence-corrected chi connectivity index (χ1v) is 6.10. The monoisotopic (exact) mass is 183 g/mol. The van der Waals surface area contributed by atoms with Gasteiger partial charge in [0.2, 0.25) is 0 Å². The third kappa shape index (κ3) is 4.12. The van der Waals surface area contributed by atoms with E-state index in [1.807, 2.05) is 0 Å². The lowest BCUT2D eigenvalue weighted by Crippen LogP contribution is -2.28. The second-order valence-corrected chi connectivity index (χ2v) is 4.56. The first kappa shape index (κ1) is 11.0. The van der Waals surface area contributed by atoms with Crippen LogP contribution in [0.1, 0.15) is 64.7 Å². The Hall–Kier alpha value is -0.0400. The summed E-state index contributed by atoms with van der Waals surface area (Å²) in [5, 5.41) is 0. The number of hydrogen-bond acceptors (Lipinski definition) is 1. The Bertz CT molecular complexity index is 116. The van der Waals surface area contributed by atoms with Gasteiger partial charge in [0.25, 0.3) is 0 Å². The molecule has 1 aliphatic rings. The van der Waals surface area contributed by atoms with E-state index in [-0.39, 0.29) is 0 Å². The fourth-order valence-corrected chi connectivity index (χ4v) is 2.43. The van der Waals surface area contributed by atoms with Gasteiger partial charge in [0.15, 0.2) is 0 Å². The van der Waals surface area contributed by atoms with Crippen LogP contribution in [0.25, 0.3) is 0 Å². The molecule has 1 unspecified atom stereocenters. The summed E-state index contributed by atoms with van der Waals surface area (Å²) < 4.78 is 0. The minimum absolute atomic E-state index is 0.513. The quantitative estimate of drug-likeness (QED) is 0.627. The molecule has 0 radical (unpaired) electrons. The van der Waals surface area contributed by atoms with Crippen LogP contribution in [-0.4, -0.2) is 6.04 Å². The Kier molecular flexibility index (Phi) is 5.45. The van der Waals surface area contributed by atoms with E-state index in [4.69, 9.17) is 5.73 Å². The van der Waals surface area contributed by atoms with Crippen LogP contribution in [0.15, 0.2) is 0 Å². The molecule has 2 N–H and O–H groups in total. The molecule has 1 heteroatoms. The predicted molar refractivity (Wildman–Crippen MR) is 58.7 cm³/mol. The van der Waals surface area contributed by atoms with E-state index in [0.29, 0.717) is 6.04 Å². The summed E-state index contributed by atoms with van der Waals surface area (Å²) >= 11 is 0. The van der Waals surface area contributed by atoms with Crippen LogP contribution in [-0.2, 0) is 0 Å². The Labute approximate surface area is 83.1 Å². The molecule has 0 aromatic carbocycles. The van der Waals surface area contributed by atoms with Gasteiger partial charge in [0, 0.05) is 6.04 Å². The Morgan fingerprint density at radius 2 is 1.85 bits per heavy atom. The van der Waals surface area contributed by atoms with Crippen LogP contribution >= 0.6 is 0 Å². The zero-order valence-electron chi connectivity index (χ0n) is 9.10. The van der Waals surface area contributed by atoms with Crippen LogP contribution in [0.2, 0.25) is 0 Å². The molecule has 0 aromatic rings. The fourth-order valence-electron chi connectivity index (χ4n) is 2.43. The van der Waals surface area contributed by atoms with E-state index in [9.17, 15) is 0 Å². The van der Waals surface area contributed by atoms with E-state index in [0.717, 1.165) is 5.92 Å². The van der Waals surface area contributed by atoms with Crippen LogP contribution in [0.3, 0.4) is 0 Å². The standard InChI is InChI=1S/C12H25N/c1-2-3-4-5-10-12(13)11-8-6-7-9-11/h11-12H,2-10,13H2,1H3. The number of hydrogen-bond donors (Lipinski definition) is 1. The summed E-state index contributed by atoms with van der Waals surface area (Å²) in [6, 6.07) is 0.513. The summed E-state index contributed by atoms with van der Waals surface area (Å²) in [6.45, 7) is 2.26. The predicted octanol–water partition coefficient (Wildman–Crippen LogP) is 3.47. The van der Waals surface area contributed by atoms with Gasteiger partial charge in [-0.2, -0.15) is 0 Å². The Morgan fingerprint density at radius 1 is 1.15 bits per heavy atom. The van der Waals surface area contributed by atoms with Gasteiger partial charge in [-0.05, 0) is 25.2 Å². The minimum atomic E-state index is 0.513. The molecule has 1 nitrogen and oxygen atoms in total. The van der Waals surface area contributed by atoms with Gasteiger partial charge in [-0.1, -0.05) is 45.4 Å². The summed E-state index contributed by atoms with van der Waals surface area (Å²) in [6.07, 6.45) is 12.4. The first-order valence-electron chi connectivity index (χ1n) is 6.10. The van der Waals surface area contributed by atoms with Gasteiger partial charge >= 0.3 is 0 Å². The Balaban J connectivity index is 1.99. The highest BCUT2D eigenvalue weighted by Crippen LogP contribution is 2.28. The van der Waals surface area contributed by atoms with Crippen LogP contribution < -0.4 is 5.73 Å². The van der Waals surface area contributed by atoms with Crippen LogP contribution in [0.4, 0.5) is 0 Å². The van der Waals surface area contributed by atoms with Gasteiger partial charge in [-0.25, -0.2) is 0 Å². The molecule has 0 saturated heterocycles. The first-order chi connectivity index (χ1) is 6.34. The molecular formula is C12H25N. The van der Waals surface area contributed by atoms with Gasteiger partial charge in [0.05, 0.1) is 0 Å². The van der Waals surface area contributed by atoms with Crippen molar-refractivity contribution in [3.8, 4) is 0 Å². The largest absolute Gasteiger partial charge is 0.327 e. The molecule has 1 aliphatic carbocycles. The maximum Gasteiger partial charge on any atom is 0.00671 e. The van der Waals surface area contributed by atoms with Crippen molar-refractivity contribution in [3.05, 3.63) is 0 Å². The van der Waals surface area contributed by atoms with E-state index in [2.05, 4.69) is 6.92 Å². The zero-order valence-corrected chi connectivity index (χ0v) is 9.10. The van der Waals surface area contributed by atoms with Crippen molar-refractivity contribution >= 4 is 0 Å².